The van der Waals surface area contributed by atoms with Crippen LogP contribution in [-0.4, -0.2) is 4.98 Å². The second kappa shape index (κ2) is 3.05. The van der Waals surface area contributed by atoms with Crippen LogP contribution in [0.15, 0.2) is 24.3 Å². The Morgan fingerprint density at radius 2 is 2.15 bits per heavy atom. The van der Waals surface area contributed by atoms with Gasteiger partial charge in [0.1, 0.15) is 0 Å². The summed E-state index contributed by atoms with van der Waals surface area (Å²) in [6.45, 7) is 1.95. The van der Waals surface area contributed by atoms with Crippen LogP contribution in [0.2, 0.25) is 5.02 Å². The summed E-state index contributed by atoms with van der Waals surface area (Å²) < 4.78 is 0. The van der Waals surface area contributed by atoms with E-state index in [1.807, 2.05) is 31.2 Å². The molecule has 1 aromatic carbocycles. The van der Waals surface area contributed by atoms with Gasteiger partial charge in [-0.25, -0.2) is 0 Å². The van der Waals surface area contributed by atoms with E-state index in [1.54, 1.807) is 0 Å². The third-order valence-electron chi connectivity index (χ3n) is 2.09. The molecular formula is C10H11ClN2. The highest BCUT2D eigenvalue weighted by atomic mass is 35.5. The van der Waals surface area contributed by atoms with Crippen molar-refractivity contribution in [1.82, 2.24) is 4.98 Å². The van der Waals surface area contributed by atoms with Crippen molar-refractivity contribution in [1.29, 1.82) is 0 Å². The standard InChI is InChI=1S/C10H11ClN2/c1-6(12)10-5-7-4-8(11)2-3-9(7)13-10/h2-6,13H,12H2,1H3. The molecule has 2 aromatic rings. The van der Waals surface area contributed by atoms with Crippen molar-refractivity contribution in [3.8, 4) is 0 Å². The molecule has 0 spiro atoms. The summed E-state index contributed by atoms with van der Waals surface area (Å²) in [5.41, 5.74) is 7.87. The molecule has 13 heavy (non-hydrogen) atoms. The van der Waals surface area contributed by atoms with Crippen LogP contribution in [0.5, 0.6) is 0 Å². The van der Waals surface area contributed by atoms with Crippen LogP contribution in [-0.2, 0) is 0 Å². The molecule has 0 bridgehead atoms. The van der Waals surface area contributed by atoms with Gasteiger partial charge >= 0.3 is 0 Å². The zero-order valence-electron chi connectivity index (χ0n) is 7.34. The molecule has 0 amide bonds. The Morgan fingerprint density at radius 1 is 1.38 bits per heavy atom. The Morgan fingerprint density at radius 3 is 2.85 bits per heavy atom. The Hall–Kier alpha value is -0.990. The maximum atomic E-state index is 5.86. The summed E-state index contributed by atoms with van der Waals surface area (Å²) >= 11 is 5.86. The summed E-state index contributed by atoms with van der Waals surface area (Å²) in [4.78, 5) is 3.24. The maximum absolute atomic E-state index is 5.86. The maximum Gasteiger partial charge on any atom is 0.0457 e. The average molecular weight is 195 g/mol. The van der Waals surface area contributed by atoms with Crippen molar-refractivity contribution >= 4 is 22.5 Å². The predicted molar refractivity (Wildman–Crippen MR) is 55.9 cm³/mol. The smallest absolute Gasteiger partial charge is 0.0457 e. The molecule has 1 atom stereocenters. The molecule has 2 nitrogen and oxygen atoms in total. The van der Waals surface area contributed by atoms with Crippen LogP contribution in [0.3, 0.4) is 0 Å². The fraction of sp³-hybridized carbons (Fsp3) is 0.200. The molecule has 0 aliphatic carbocycles. The Bertz CT molecular complexity index is 431. The van der Waals surface area contributed by atoms with Gasteiger partial charge in [-0.15, -0.1) is 0 Å². The van der Waals surface area contributed by atoms with Crippen LogP contribution in [0.1, 0.15) is 18.7 Å². The average Bonchev–Trinajstić information content (AvgIpc) is 2.46. The summed E-state index contributed by atoms with van der Waals surface area (Å²) in [6.07, 6.45) is 0. The second-order valence-electron chi connectivity index (χ2n) is 3.24. The van der Waals surface area contributed by atoms with E-state index in [0.29, 0.717) is 0 Å². The van der Waals surface area contributed by atoms with Gasteiger partial charge in [-0.2, -0.15) is 0 Å². The number of aromatic nitrogens is 1. The summed E-state index contributed by atoms with van der Waals surface area (Å²) in [5.74, 6) is 0. The van der Waals surface area contributed by atoms with Crippen molar-refractivity contribution in [2.45, 2.75) is 13.0 Å². The Kier molecular flexibility index (Phi) is 2.02. The first kappa shape index (κ1) is 8.60. The molecule has 0 saturated heterocycles. The highest BCUT2D eigenvalue weighted by molar-refractivity contribution is 6.31. The number of rotatable bonds is 1. The molecule has 68 valence electrons. The van der Waals surface area contributed by atoms with Gasteiger partial charge in [0.2, 0.25) is 0 Å². The molecule has 3 N–H and O–H groups in total. The quantitative estimate of drug-likeness (QED) is 0.720. The van der Waals surface area contributed by atoms with Crippen LogP contribution in [0, 0.1) is 0 Å². The lowest BCUT2D eigenvalue weighted by Crippen LogP contribution is -2.04. The van der Waals surface area contributed by atoms with Gasteiger partial charge in [0.25, 0.3) is 0 Å². The first-order valence-electron chi connectivity index (χ1n) is 4.20. The van der Waals surface area contributed by atoms with Gasteiger partial charge in [-0.1, -0.05) is 11.6 Å². The molecule has 2 rings (SSSR count). The van der Waals surface area contributed by atoms with Crippen molar-refractivity contribution in [2.24, 2.45) is 5.73 Å². The minimum Gasteiger partial charge on any atom is -0.357 e. The van der Waals surface area contributed by atoms with Crippen molar-refractivity contribution in [3.63, 3.8) is 0 Å². The van der Waals surface area contributed by atoms with Crippen LogP contribution in [0.4, 0.5) is 0 Å². The minimum absolute atomic E-state index is 0.0335. The highest BCUT2D eigenvalue weighted by Gasteiger charge is 2.04. The normalized spacial score (nSPS) is 13.5. The van der Waals surface area contributed by atoms with Gasteiger partial charge in [0, 0.05) is 27.7 Å². The monoisotopic (exact) mass is 194 g/mol. The first-order valence-corrected chi connectivity index (χ1v) is 4.58. The lowest BCUT2D eigenvalue weighted by atomic mass is 10.2. The number of fused-ring (bicyclic) bond motifs is 1. The third-order valence-corrected chi connectivity index (χ3v) is 2.33. The Labute approximate surface area is 81.7 Å². The number of aromatic amines is 1. The van der Waals surface area contributed by atoms with E-state index >= 15 is 0 Å². The highest BCUT2D eigenvalue weighted by Crippen LogP contribution is 2.21. The lowest BCUT2D eigenvalue weighted by molar-refractivity contribution is 0.792. The van der Waals surface area contributed by atoms with E-state index < -0.39 is 0 Å². The van der Waals surface area contributed by atoms with E-state index in [9.17, 15) is 0 Å². The molecule has 1 heterocycles. The predicted octanol–water partition coefficient (Wildman–Crippen LogP) is 2.84. The summed E-state index contributed by atoms with van der Waals surface area (Å²) in [5, 5.41) is 1.86. The van der Waals surface area contributed by atoms with Gasteiger partial charge in [-0.3, -0.25) is 0 Å². The van der Waals surface area contributed by atoms with E-state index in [-0.39, 0.29) is 6.04 Å². The number of benzene rings is 1. The molecule has 3 heteroatoms. The van der Waals surface area contributed by atoms with Crippen molar-refractivity contribution in [3.05, 3.63) is 35.0 Å². The van der Waals surface area contributed by atoms with Gasteiger partial charge in [0.05, 0.1) is 0 Å². The molecule has 0 saturated carbocycles. The topological polar surface area (TPSA) is 41.8 Å². The molecule has 0 radical (unpaired) electrons. The summed E-state index contributed by atoms with van der Waals surface area (Å²) in [7, 11) is 0. The van der Waals surface area contributed by atoms with E-state index in [1.165, 1.54) is 0 Å². The fourth-order valence-corrected chi connectivity index (χ4v) is 1.55. The van der Waals surface area contributed by atoms with Crippen LogP contribution >= 0.6 is 11.6 Å². The largest absolute Gasteiger partial charge is 0.357 e. The number of hydrogen-bond donors (Lipinski definition) is 2. The van der Waals surface area contributed by atoms with Crippen LogP contribution in [0.25, 0.3) is 10.9 Å². The molecule has 0 aliphatic heterocycles. The molecule has 0 aliphatic rings. The molecule has 1 aromatic heterocycles. The number of nitrogens with two attached hydrogens (primary N) is 1. The van der Waals surface area contributed by atoms with E-state index in [0.717, 1.165) is 21.6 Å². The molecular weight excluding hydrogens is 184 g/mol. The number of H-pyrrole nitrogens is 1. The van der Waals surface area contributed by atoms with E-state index in [2.05, 4.69) is 4.98 Å². The number of halogens is 1. The third kappa shape index (κ3) is 1.55. The van der Waals surface area contributed by atoms with Crippen LogP contribution < -0.4 is 5.73 Å². The number of nitrogens with one attached hydrogen (secondary N) is 1. The Balaban J connectivity index is 2.62. The van der Waals surface area contributed by atoms with Crippen molar-refractivity contribution < 1.29 is 0 Å². The van der Waals surface area contributed by atoms with Gasteiger partial charge in [-0.05, 0) is 31.2 Å². The fourth-order valence-electron chi connectivity index (χ4n) is 1.37. The SMILES string of the molecule is CC(N)c1cc2cc(Cl)ccc2[nH]1. The van der Waals surface area contributed by atoms with E-state index in [4.69, 9.17) is 17.3 Å². The zero-order valence-corrected chi connectivity index (χ0v) is 8.10. The number of hydrogen-bond acceptors (Lipinski definition) is 1. The lowest BCUT2D eigenvalue weighted by Gasteiger charge is -1.98. The van der Waals surface area contributed by atoms with Gasteiger partial charge < -0.3 is 10.7 Å². The molecule has 1 unspecified atom stereocenters. The first-order chi connectivity index (χ1) is 6.16. The molecule has 0 fully saturated rings. The zero-order chi connectivity index (χ0) is 9.42. The summed E-state index contributed by atoms with van der Waals surface area (Å²) in [6, 6.07) is 7.83. The van der Waals surface area contributed by atoms with Gasteiger partial charge in [0.15, 0.2) is 0 Å². The van der Waals surface area contributed by atoms with Crippen molar-refractivity contribution in [2.75, 3.05) is 0 Å². The minimum atomic E-state index is 0.0335. The second-order valence-corrected chi connectivity index (χ2v) is 3.68.